The van der Waals surface area contributed by atoms with Gasteiger partial charge in [0.25, 0.3) is 0 Å². The molecule has 1 saturated heterocycles. The fourth-order valence-corrected chi connectivity index (χ4v) is 2.37. The molecule has 18 heavy (non-hydrogen) atoms. The predicted octanol–water partition coefficient (Wildman–Crippen LogP) is 2.14. The molecule has 0 aliphatic carbocycles. The van der Waals surface area contributed by atoms with Crippen LogP contribution >= 0.6 is 0 Å². The average Bonchev–Trinajstić information content (AvgIpc) is 2.26. The number of rotatable bonds is 2. The second-order valence-corrected chi connectivity index (χ2v) is 4.60. The molecule has 1 aliphatic heterocycles. The van der Waals surface area contributed by atoms with Gasteiger partial charge in [0.1, 0.15) is 5.82 Å². The number of halogens is 1. The van der Waals surface area contributed by atoms with Crippen LogP contribution in [0.5, 0.6) is 0 Å². The first-order chi connectivity index (χ1) is 8.49. The highest BCUT2D eigenvalue weighted by Gasteiger charge is 2.27. The fourth-order valence-electron chi connectivity index (χ4n) is 2.37. The summed E-state index contributed by atoms with van der Waals surface area (Å²) in [5.41, 5.74) is 0.156. The van der Waals surface area contributed by atoms with Gasteiger partial charge in [-0.1, -0.05) is 6.07 Å². The van der Waals surface area contributed by atoms with E-state index in [1.807, 2.05) is 13.8 Å². The van der Waals surface area contributed by atoms with Crippen molar-refractivity contribution in [1.82, 2.24) is 0 Å². The lowest BCUT2D eigenvalue weighted by atomic mass is 10.1. The second kappa shape index (κ2) is 4.94. The third kappa shape index (κ3) is 2.46. The molecule has 1 fully saturated rings. The summed E-state index contributed by atoms with van der Waals surface area (Å²) in [5, 5.41) is 9.13. The van der Waals surface area contributed by atoms with E-state index in [2.05, 4.69) is 0 Å². The van der Waals surface area contributed by atoms with Crippen molar-refractivity contribution in [2.45, 2.75) is 26.1 Å². The van der Waals surface area contributed by atoms with Crippen LogP contribution in [0, 0.1) is 5.82 Å². The summed E-state index contributed by atoms with van der Waals surface area (Å²) in [6, 6.07) is 4.12. The molecule has 2 atom stereocenters. The van der Waals surface area contributed by atoms with Crippen molar-refractivity contribution >= 4 is 11.7 Å². The summed E-state index contributed by atoms with van der Waals surface area (Å²) in [6.07, 6.45) is -0.0926. The maximum Gasteiger partial charge on any atom is 0.337 e. The number of ether oxygens (including phenoxy) is 1. The Labute approximate surface area is 105 Å². The zero-order valence-corrected chi connectivity index (χ0v) is 10.4. The Kier molecular flexibility index (Phi) is 3.52. The van der Waals surface area contributed by atoms with Gasteiger partial charge in [0.05, 0.1) is 23.5 Å². The molecule has 2 rings (SSSR count). The van der Waals surface area contributed by atoms with Gasteiger partial charge in [0.15, 0.2) is 0 Å². The summed E-state index contributed by atoms with van der Waals surface area (Å²) >= 11 is 0. The van der Waals surface area contributed by atoms with E-state index in [-0.39, 0.29) is 23.5 Å². The highest BCUT2D eigenvalue weighted by molar-refractivity contribution is 5.94. The molecule has 0 saturated carbocycles. The summed E-state index contributed by atoms with van der Waals surface area (Å²) in [4.78, 5) is 12.9. The van der Waals surface area contributed by atoms with Crippen LogP contribution in [0.15, 0.2) is 18.2 Å². The van der Waals surface area contributed by atoms with Crippen molar-refractivity contribution in [1.29, 1.82) is 0 Å². The minimum absolute atomic E-state index is 0.00343. The van der Waals surface area contributed by atoms with Crippen molar-refractivity contribution in [2.24, 2.45) is 0 Å². The van der Waals surface area contributed by atoms with Gasteiger partial charge in [0, 0.05) is 13.1 Å². The van der Waals surface area contributed by atoms with E-state index >= 15 is 0 Å². The quantitative estimate of drug-likeness (QED) is 0.877. The van der Waals surface area contributed by atoms with E-state index in [0.717, 1.165) is 0 Å². The molecule has 1 aromatic rings. The van der Waals surface area contributed by atoms with E-state index in [1.165, 1.54) is 18.2 Å². The van der Waals surface area contributed by atoms with Gasteiger partial charge in [-0.3, -0.25) is 0 Å². The Balaban J connectivity index is 2.40. The first-order valence-electron chi connectivity index (χ1n) is 5.91. The van der Waals surface area contributed by atoms with Gasteiger partial charge in [0.2, 0.25) is 0 Å². The maximum absolute atomic E-state index is 13.9. The van der Waals surface area contributed by atoms with Crippen LogP contribution in [0.3, 0.4) is 0 Å². The zero-order valence-electron chi connectivity index (χ0n) is 10.4. The van der Waals surface area contributed by atoms with Gasteiger partial charge in [-0.2, -0.15) is 0 Å². The van der Waals surface area contributed by atoms with E-state index < -0.39 is 11.8 Å². The monoisotopic (exact) mass is 253 g/mol. The molecule has 0 spiro atoms. The lowest BCUT2D eigenvalue weighted by molar-refractivity contribution is -0.00550. The Hall–Kier alpha value is -1.62. The molecule has 0 aromatic heterocycles. The molecule has 1 aromatic carbocycles. The minimum atomic E-state index is -1.11. The number of morpholine rings is 1. The van der Waals surface area contributed by atoms with Crippen LogP contribution in [0.2, 0.25) is 0 Å². The number of carboxylic acids is 1. The van der Waals surface area contributed by atoms with Gasteiger partial charge in [-0.25, -0.2) is 9.18 Å². The molecule has 1 N–H and O–H groups in total. The molecule has 1 heterocycles. The minimum Gasteiger partial charge on any atom is -0.478 e. The number of aromatic carboxylic acids is 1. The third-order valence-electron chi connectivity index (χ3n) is 2.95. The highest BCUT2D eigenvalue weighted by Crippen LogP contribution is 2.27. The largest absolute Gasteiger partial charge is 0.478 e. The lowest BCUT2D eigenvalue weighted by Gasteiger charge is -2.37. The molecule has 2 unspecified atom stereocenters. The molecule has 0 amide bonds. The smallest absolute Gasteiger partial charge is 0.337 e. The normalized spacial score (nSPS) is 24.1. The summed E-state index contributed by atoms with van der Waals surface area (Å²) in [6.45, 7) is 4.77. The topological polar surface area (TPSA) is 49.8 Å². The standard InChI is InChI=1S/C13H16FNO3/c1-8-6-15(7-9(2)18-8)12-10(13(16)17)4-3-5-11(12)14/h3-5,8-9H,6-7H2,1-2H3,(H,16,17). The van der Waals surface area contributed by atoms with Crippen molar-refractivity contribution in [3.8, 4) is 0 Å². The number of hydrogen-bond donors (Lipinski definition) is 1. The Bertz CT molecular complexity index is 454. The van der Waals surface area contributed by atoms with Gasteiger partial charge < -0.3 is 14.7 Å². The summed E-state index contributed by atoms with van der Waals surface area (Å²) < 4.78 is 19.5. The van der Waals surface area contributed by atoms with Gasteiger partial charge >= 0.3 is 5.97 Å². The number of anilines is 1. The zero-order chi connectivity index (χ0) is 13.3. The highest BCUT2D eigenvalue weighted by atomic mass is 19.1. The number of para-hydroxylation sites is 1. The van der Waals surface area contributed by atoms with Crippen molar-refractivity contribution in [3.05, 3.63) is 29.6 Å². The van der Waals surface area contributed by atoms with Gasteiger partial charge in [-0.05, 0) is 26.0 Å². The van der Waals surface area contributed by atoms with Crippen LogP contribution in [0.1, 0.15) is 24.2 Å². The number of nitrogens with zero attached hydrogens (tertiary/aromatic N) is 1. The lowest BCUT2D eigenvalue weighted by Crippen LogP contribution is -2.46. The van der Waals surface area contributed by atoms with Crippen LogP contribution < -0.4 is 4.90 Å². The number of benzene rings is 1. The number of carboxylic acid groups (broad SMARTS) is 1. The molecule has 0 bridgehead atoms. The Morgan fingerprint density at radius 3 is 2.56 bits per heavy atom. The van der Waals surface area contributed by atoms with E-state index in [1.54, 1.807) is 4.90 Å². The van der Waals surface area contributed by atoms with Crippen LogP contribution in [0.25, 0.3) is 0 Å². The maximum atomic E-state index is 13.9. The Morgan fingerprint density at radius 1 is 1.39 bits per heavy atom. The Morgan fingerprint density at radius 2 is 2.00 bits per heavy atom. The van der Waals surface area contributed by atoms with Crippen LogP contribution in [0.4, 0.5) is 10.1 Å². The molecular weight excluding hydrogens is 237 g/mol. The van der Waals surface area contributed by atoms with Crippen molar-refractivity contribution < 1.29 is 19.0 Å². The number of carbonyl (C=O) groups is 1. The summed E-state index contributed by atoms with van der Waals surface area (Å²) in [7, 11) is 0. The fraction of sp³-hybridized carbons (Fsp3) is 0.462. The molecule has 98 valence electrons. The first-order valence-corrected chi connectivity index (χ1v) is 5.91. The molecular formula is C13H16FNO3. The molecule has 0 radical (unpaired) electrons. The van der Waals surface area contributed by atoms with E-state index in [4.69, 9.17) is 9.84 Å². The van der Waals surface area contributed by atoms with Crippen LogP contribution in [-0.2, 0) is 4.74 Å². The second-order valence-electron chi connectivity index (χ2n) is 4.60. The summed E-state index contributed by atoms with van der Waals surface area (Å²) in [5.74, 6) is -1.62. The molecule has 4 nitrogen and oxygen atoms in total. The van der Waals surface area contributed by atoms with Gasteiger partial charge in [-0.15, -0.1) is 0 Å². The molecule has 5 heteroatoms. The van der Waals surface area contributed by atoms with Crippen LogP contribution in [-0.4, -0.2) is 36.4 Å². The van der Waals surface area contributed by atoms with E-state index in [0.29, 0.717) is 13.1 Å². The SMILES string of the molecule is CC1CN(c2c(F)cccc2C(=O)O)CC(C)O1. The third-order valence-corrected chi connectivity index (χ3v) is 2.95. The van der Waals surface area contributed by atoms with Crippen molar-refractivity contribution in [3.63, 3.8) is 0 Å². The predicted molar refractivity (Wildman–Crippen MR) is 65.6 cm³/mol. The average molecular weight is 253 g/mol. The number of hydrogen-bond acceptors (Lipinski definition) is 3. The first kappa shape index (κ1) is 12.8. The van der Waals surface area contributed by atoms with E-state index in [9.17, 15) is 9.18 Å². The molecule has 1 aliphatic rings. The van der Waals surface area contributed by atoms with Crippen molar-refractivity contribution in [2.75, 3.05) is 18.0 Å².